The van der Waals surface area contributed by atoms with Crippen LogP contribution in [0.1, 0.15) is 36.2 Å². The first-order chi connectivity index (χ1) is 8.89. The standard InChI is InChI=1S/C13H16FNO3S/c1-19(17,18)10-5-2-4-9(8-10)13(16)12-11(14)6-3-7-15-12/h3,6-7,9-10H,2,4-5,8H2,1H3. The summed E-state index contributed by atoms with van der Waals surface area (Å²) in [5.74, 6) is -1.47. The highest BCUT2D eigenvalue weighted by Crippen LogP contribution is 2.30. The van der Waals surface area contributed by atoms with Crippen molar-refractivity contribution < 1.29 is 17.6 Å². The first kappa shape index (κ1) is 14.1. The third kappa shape index (κ3) is 3.18. The molecule has 0 spiro atoms. The Labute approximate surface area is 112 Å². The van der Waals surface area contributed by atoms with Crippen molar-refractivity contribution in [1.82, 2.24) is 4.98 Å². The number of halogens is 1. The number of ketones is 1. The van der Waals surface area contributed by atoms with Crippen LogP contribution in [0.3, 0.4) is 0 Å². The van der Waals surface area contributed by atoms with E-state index in [0.717, 1.165) is 0 Å². The molecule has 1 heterocycles. The number of nitrogens with zero attached hydrogens (tertiary/aromatic N) is 1. The number of sulfone groups is 1. The Balaban J connectivity index is 2.19. The van der Waals surface area contributed by atoms with Crippen LogP contribution in [0.2, 0.25) is 0 Å². The lowest BCUT2D eigenvalue weighted by Crippen LogP contribution is -2.31. The van der Waals surface area contributed by atoms with E-state index in [0.29, 0.717) is 19.3 Å². The molecule has 6 heteroatoms. The largest absolute Gasteiger partial charge is 0.292 e. The zero-order chi connectivity index (χ0) is 14.0. The molecule has 0 N–H and O–H groups in total. The number of Topliss-reactive ketones (excluding diaryl/α,β-unsaturated/α-hetero) is 1. The van der Waals surface area contributed by atoms with Crippen molar-refractivity contribution in [3.05, 3.63) is 29.8 Å². The summed E-state index contributed by atoms with van der Waals surface area (Å²) in [6.45, 7) is 0. The first-order valence-corrected chi connectivity index (χ1v) is 8.18. The van der Waals surface area contributed by atoms with Crippen molar-refractivity contribution in [2.75, 3.05) is 6.26 Å². The summed E-state index contributed by atoms with van der Waals surface area (Å²) in [4.78, 5) is 16.0. The molecule has 2 unspecified atom stereocenters. The van der Waals surface area contributed by atoms with Gasteiger partial charge in [0.15, 0.2) is 11.6 Å². The maximum Gasteiger partial charge on any atom is 0.187 e. The lowest BCUT2D eigenvalue weighted by Gasteiger charge is -2.26. The maximum absolute atomic E-state index is 13.5. The number of carbonyl (C=O) groups is 1. The third-order valence-corrected chi connectivity index (χ3v) is 5.23. The third-order valence-electron chi connectivity index (χ3n) is 3.59. The minimum atomic E-state index is -3.15. The number of hydrogen-bond donors (Lipinski definition) is 0. The minimum absolute atomic E-state index is 0.179. The van der Waals surface area contributed by atoms with Gasteiger partial charge in [-0.25, -0.2) is 12.8 Å². The van der Waals surface area contributed by atoms with Crippen LogP contribution in [-0.4, -0.2) is 30.7 Å². The number of rotatable bonds is 3. The van der Waals surface area contributed by atoms with Gasteiger partial charge in [-0.15, -0.1) is 0 Å². The van der Waals surface area contributed by atoms with Gasteiger partial charge in [-0.3, -0.25) is 9.78 Å². The van der Waals surface area contributed by atoms with Gasteiger partial charge in [0.25, 0.3) is 0 Å². The molecule has 2 rings (SSSR count). The average molecular weight is 285 g/mol. The highest BCUT2D eigenvalue weighted by atomic mass is 32.2. The van der Waals surface area contributed by atoms with E-state index in [1.54, 1.807) is 0 Å². The SMILES string of the molecule is CS(=O)(=O)C1CCCC(C(=O)c2ncccc2F)C1. The van der Waals surface area contributed by atoms with Crippen molar-refractivity contribution >= 4 is 15.6 Å². The predicted octanol–water partition coefficient (Wildman–Crippen LogP) is 2.01. The Morgan fingerprint density at radius 3 is 2.79 bits per heavy atom. The number of pyridine rings is 1. The van der Waals surface area contributed by atoms with Crippen LogP contribution in [0, 0.1) is 11.7 Å². The second kappa shape index (κ2) is 5.36. The molecule has 2 atom stereocenters. The highest BCUT2D eigenvalue weighted by molar-refractivity contribution is 7.91. The maximum atomic E-state index is 13.5. The van der Waals surface area contributed by atoms with E-state index in [2.05, 4.69) is 4.98 Å². The molecule has 0 aromatic carbocycles. The summed E-state index contributed by atoms with van der Waals surface area (Å²) in [5.41, 5.74) is -0.179. The second-order valence-corrected chi connectivity index (χ2v) is 7.34. The summed E-state index contributed by atoms with van der Waals surface area (Å²) in [5, 5.41) is -0.498. The molecule has 4 nitrogen and oxygen atoms in total. The molecule has 1 aromatic rings. The molecule has 1 saturated carbocycles. The Kier molecular flexibility index (Phi) is 3.99. The Hall–Kier alpha value is -1.30. The molecular formula is C13H16FNO3S. The van der Waals surface area contributed by atoms with Gasteiger partial charge < -0.3 is 0 Å². The molecule has 1 aliphatic carbocycles. The average Bonchev–Trinajstić information content (AvgIpc) is 2.38. The molecule has 0 aliphatic heterocycles. The van der Waals surface area contributed by atoms with Gasteiger partial charge in [0, 0.05) is 18.4 Å². The lowest BCUT2D eigenvalue weighted by molar-refractivity contribution is 0.0881. The molecule has 104 valence electrons. The Morgan fingerprint density at radius 2 is 2.16 bits per heavy atom. The summed E-state index contributed by atoms with van der Waals surface area (Å²) in [7, 11) is -3.15. The smallest absolute Gasteiger partial charge is 0.187 e. The fourth-order valence-electron chi connectivity index (χ4n) is 2.53. The van der Waals surface area contributed by atoms with Gasteiger partial charge in [-0.1, -0.05) is 6.42 Å². The summed E-state index contributed by atoms with van der Waals surface area (Å²) in [6, 6.07) is 2.61. The Bertz CT molecular complexity index is 585. The fraction of sp³-hybridized carbons (Fsp3) is 0.538. The van der Waals surface area contributed by atoms with Crippen LogP contribution < -0.4 is 0 Å². The van der Waals surface area contributed by atoms with Crippen molar-refractivity contribution in [2.24, 2.45) is 5.92 Å². The fourth-order valence-corrected chi connectivity index (χ4v) is 3.71. The number of aromatic nitrogens is 1. The second-order valence-electron chi connectivity index (χ2n) is 5.01. The first-order valence-electron chi connectivity index (χ1n) is 6.23. The molecule has 1 fully saturated rings. The molecule has 19 heavy (non-hydrogen) atoms. The Morgan fingerprint density at radius 1 is 1.42 bits per heavy atom. The van der Waals surface area contributed by atoms with Gasteiger partial charge in [-0.2, -0.15) is 0 Å². The quantitative estimate of drug-likeness (QED) is 0.797. The minimum Gasteiger partial charge on any atom is -0.292 e. The van der Waals surface area contributed by atoms with Gasteiger partial charge in [0.2, 0.25) is 0 Å². The molecule has 0 radical (unpaired) electrons. The van der Waals surface area contributed by atoms with Crippen LogP contribution in [0.4, 0.5) is 4.39 Å². The van der Waals surface area contributed by atoms with Gasteiger partial charge >= 0.3 is 0 Å². The monoisotopic (exact) mass is 285 g/mol. The van der Waals surface area contributed by atoms with E-state index < -0.39 is 26.8 Å². The van der Waals surface area contributed by atoms with Crippen LogP contribution in [0.5, 0.6) is 0 Å². The molecule has 0 saturated heterocycles. The summed E-state index contributed by atoms with van der Waals surface area (Å²) >= 11 is 0. The molecule has 0 bridgehead atoms. The molecule has 1 aliphatic rings. The van der Waals surface area contributed by atoms with Crippen LogP contribution >= 0.6 is 0 Å². The number of hydrogen-bond acceptors (Lipinski definition) is 4. The van der Waals surface area contributed by atoms with Crippen LogP contribution in [-0.2, 0) is 9.84 Å². The van der Waals surface area contributed by atoms with E-state index in [1.165, 1.54) is 24.6 Å². The molecule has 1 aromatic heterocycles. The van der Waals surface area contributed by atoms with Crippen molar-refractivity contribution in [3.8, 4) is 0 Å². The zero-order valence-electron chi connectivity index (χ0n) is 10.7. The molecule has 0 amide bonds. The van der Waals surface area contributed by atoms with Gasteiger partial charge in [-0.05, 0) is 31.4 Å². The summed E-state index contributed by atoms with van der Waals surface area (Å²) in [6.07, 6.45) is 4.67. The van der Waals surface area contributed by atoms with Gasteiger partial charge in [0.05, 0.1) is 5.25 Å². The van der Waals surface area contributed by atoms with E-state index in [-0.39, 0.29) is 17.9 Å². The van der Waals surface area contributed by atoms with E-state index in [1.807, 2.05) is 0 Å². The zero-order valence-corrected chi connectivity index (χ0v) is 11.5. The highest BCUT2D eigenvalue weighted by Gasteiger charge is 2.34. The lowest BCUT2D eigenvalue weighted by atomic mass is 9.84. The topological polar surface area (TPSA) is 64.1 Å². The van der Waals surface area contributed by atoms with Crippen molar-refractivity contribution in [3.63, 3.8) is 0 Å². The van der Waals surface area contributed by atoms with Crippen LogP contribution in [0.15, 0.2) is 18.3 Å². The van der Waals surface area contributed by atoms with Crippen molar-refractivity contribution in [1.29, 1.82) is 0 Å². The van der Waals surface area contributed by atoms with E-state index in [9.17, 15) is 17.6 Å². The van der Waals surface area contributed by atoms with E-state index >= 15 is 0 Å². The normalized spacial score (nSPS) is 24.1. The predicted molar refractivity (Wildman–Crippen MR) is 69.1 cm³/mol. The van der Waals surface area contributed by atoms with Crippen LogP contribution in [0.25, 0.3) is 0 Å². The van der Waals surface area contributed by atoms with Crippen molar-refractivity contribution in [2.45, 2.75) is 30.9 Å². The molecular weight excluding hydrogens is 269 g/mol. The van der Waals surface area contributed by atoms with Gasteiger partial charge in [0.1, 0.15) is 15.5 Å². The number of carbonyl (C=O) groups excluding carboxylic acids is 1. The summed E-state index contributed by atoms with van der Waals surface area (Å²) < 4.78 is 36.6. The van der Waals surface area contributed by atoms with E-state index in [4.69, 9.17) is 0 Å².